The number of aryl methyl sites for hydroxylation is 2. The smallest absolute Gasteiger partial charge is 0.257 e. The van der Waals surface area contributed by atoms with Gasteiger partial charge in [-0.3, -0.25) is 4.79 Å². The first-order valence-corrected chi connectivity index (χ1v) is 8.78. The van der Waals surface area contributed by atoms with Crippen LogP contribution < -0.4 is 10.1 Å². The summed E-state index contributed by atoms with van der Waals surface area (Å²) in [6.07, 6.45) is 3.00. The van der Waals surface area contributed by atoms with Gasteiger partial charge in [0.05, 0.1) is 0 Å². The van der Waals surface area contributed by atoms with Crippen LogP contribution in [0.3, 0.4) is 0 Å². The third-order valence-corrected chi connectivity index (χ3v) is 4.24. The van der Waals surface area contributed by atoms with Crippen LogP contribution in [0.5, 0.6) is 5.75 Å². The second-order valence-electron chi connectivity index (χ2n) is 6.34. The van der Waals surface area contributed by atoms with Crippen LogP contribution in [0.4, 0.5) is 0 Å². The molecule has 0 atom stereocenters. The van der Waals surface area contributed by atoms with E-state index in [1.54, 1.807) is 0 Å². The van der Waals surface area contributed by atoms with Crippen LogP contribution in [0.15, 0.2) is 18.2 Å². The molecule has 0 unspecified atom stereocenters. The number of hydrogen-bond donors (Lipinski definition) is 1. The fraction of sp³-hybridized carbons (Fsp3) is 0.632. The molecule has 1 amide bonds. The lowest BCUT2D eigenvalue weighted by Crippen LogP contribution is -2.30. The highest BCUT2D eigenvalue weighted by atomic mass is 16.5. The fourth-order valence-corrected chi connectivity index (χ4v) is 2.78. The van der Waals surface area contributed by atoms with Crippen LogP contribution in [0.1, 0.15) is 30.4 Å². The van der Waals surface area contributed by atoms with Crippen LogP contribution in [-0.4, -0.2) is 45.5 Å². The summed E-state index contributed by atoms with van der Waals surface area (Å²) in [5.74, 6) is 1.33. The van der Waals surface area contributed by atoms with Gasteiger partial charge < -0.3 is 19.5 Å². The Balaban J connectivity index is 1.52. The van der Waals surface area contributed by atoms with Crippen molar-refractivity contribution in [1.29, 1.82) is 0 Å². The van der Waals surface area contributed by atoms with Crippen molar-refractivity contribution in [3.05, 3.63) is 29.3 Å². The van der Waals surface area contributed by atoms with Crippen LogP contribution in [0, 0.1) is 19.8 Å². The van der Waals surface area contributed by atoms with Crippen LogP contribution in [0.25, 0.3) is 0 Å². The quantitative estimate of drug-likeness (QED) is 0.705. The Labute approximate surface area is 144 Å². The fourth-order valence-electron chi connectivity index (χ4n) is 2.78. The summed E-state index contributed by atoms with van der Waals surface area (Å²) >= 11 is 0. The summed E-state index contributed by atoms with van der Waals surface area (Å²) in [5.41, 5.74) is 2.09. The molecule has 0 bridgehead atoms. The molecule has 0 saturated carbocycles. The molecule has 134 valence electrons. The summed E-state index contributed by atoms with van der Waals surface area (Å²) in [6, 6.07) is 5.95. The first-order chi connectivity index (χ1) is 11.7. The Morgan fingerprint density at radius 2 is 1.96 bits per heavy atom. The van der Waals surface area contributed by atoms with Gasteiger partial charge in [-0.2, -0.15) is 0 Å². The van der Waals surface area contributed by atoms with E-state index in [2.05, 4.69) is 5.32 Å². The van der Waals surface area contributed by atoms with Gasteiger partial charge in [-0.25, -0.2) is 0 Å². The SMILES string of the molecule is Cc1cccc(C)c1OCC(=O)NCCCOCC1CCOCC1. The van der Waals surface area contributed by atoms with Gasteiger partial charge in [0.1, 0.15) is 5.75 Å². The molecule has 1 saturated heterocycles. The van der Waals surface area contributed by atoms with Crippen molar-refractivity contribution >= 4 is 5.91 Å². The zero-order valence-electron chi connectivity index (χ0n) is 14.8. The average molecular weight is 335 g/mol. The molecule has 0 aliphatic carbocycles. The third-order valence-electron chi connectivity index (χ3n) is 4.24. The molecule has 5 heteroatoms. The van der Waals surface area contributed by atoms with Crippen LogP contribution in [0.2, 0.25) is 0 Å². The highest BCUT2D eigenvalue weighted by Crippen LogP contribution is 2.22. The van der Waals surface area contributed by atoms with Crippen molar-refractivity contribution in [3.8, 4) is 5.75 Å². The number of carbonyl (C=O) groups is 1. The molecule has 5 nitrogen and oxygen atoms in total. The van der Waals surface area contributed by atoms with Gasteiger partial charge in [-0.15, -0.1) is 0 Å². The van der Waals surface area contributed by atoms with E-state index in [0.717, 1.165) is 56.0 Å². The van der Waals surface area contributed by atoms with Gasteiger partial charge in [0, 0.05) is 33.0 Å². The Morgan fingerprint density at radius 1 is 1.25 bits per heavy atom. The van der Waals surface area contributed by atoms with Gasteiger partial charge in [0.15, 0.2) is 6.61 Å². The molecular weight excluding hydrogens is 306 g/mol. The first-order valence-electron chi connectivity index (χ1n) is 8.78. The van der Waals surface area contributed by atoms with Gasteiger partial charge in [0.2, 0.25) is 0 Å². The van der Waals surface area contributed by atoms with E-state index in [1.807, 2.05) is 32.0 Å². The molecular formula is C19H29NO4. The molecule has 24 heavy (non-hydrogen) atoms. The molecule has 0 aromatic heterocycles. The zero-order valence-corrected chi connectivity index (χ0v) is 14.8. The normalized spacial score (nSPS) is 15.2. The molecule has 0 radical (unpaired) electrons. The first kappa shape index (κ1) is 18.7. The van der Waals surface area contributed by atoms with E-state index in [0.29, 0.717) is 19.1 Å². The highest BCUT2D eigenvalue weighted by molar-refractivity contribution is 5.77. The number of ether oxygens (including phenoxy) is 3. The number of hydrogen-bond acceptors (Lipinski definition) is 4. The molecule has 1 heterocycles. The molecule has 1 aliphatic heterocycles. The van der Waals surface area contributed by atoms with Gasteiger partial charge in [-0.05, 0) is 50.2 Å². The van der Waals surface area contributed by atoms with Crippen molar-refractivity contribution in [1.82, 2.24) is 5.32 Å². The molecule has 1 aliphatic rings. The van der Waals surface area contributed by atoms with Crippen molar-refractivity contribution in [2.75, 3.05) is 39.6 Å². The molecule has 2 rings (SSSR count). The average Bonchev–Trinajstić information content (AvgIpc) is 2.58. The number of para-hydroxylation sites is 1. The lowest BCUT2D eigenvalue weighted by Gasteiger charge is -2.21. The van der Waals surface area contributed by atoms with Crippen LogP contribution in [-0.2, 0) is 14.3 Å². The highest BCUT2D eigenvalue weighted by Gasteiger charge is 2.13. The maximum Gasteiger partial charge on any atom is 0.257 e. The summed E-state index contributed by atoms with van der Waals surface area (Å²) in [5, 5.41) is 2.87. The second kappa shape index (κ2) is 10.3. The maximum atomic E-state index is 11.8. The lowest BCUT2D eigenvalue weighted by molar-refractivity contribution is -0.123. The van der Waals surface area contributed by atoms with E-state index in [9.17, 15) is 4.79 Å². The molecule has 0 spiro atoms. The minimum Gasteiger partial charge on any atom is -0.483 e. The minimum absolute atomic E-state index is 0.0502. The number of carbonyl (C=O) groups excluding carboxylic acids is 1. The predicted octanol–water partition coefficient (Wildman–Crippen LogP) is 2.63. The van der Waals surface area contributed by atoms with E-state index in [-0.39, 0.29) is 12.5 Å². The summed E-state index contributed by atoms with van der Waals surface area (Å²) in [6.45, 7) is 7.81. The molecule has 1 fully saturated rings. The number of rotatable bonds is 9. The van der Waals surface area contributed by atoms with Crippen molar-refractivity contribution in [3.63, 3.8) is 0 Å². The van der Waals surface area contributed by atoms with E-state index >= 15 is 0 Å². The van der Waals surface area contributed by atoms with Gasteiger partial charge in [0.25, 0.3) is 5.91 Å². The summed E-state index contributed by atoms with van der Waals surface area (Å²) in [7, 11) is 0. The zero-order chi connectivity index (χ0) is 17.2. The van der Waals surface area contributed by atoms with Gasteiger partial charge >= 0.3 is 0 Å². The van der Waals surface area contributed by atoms with Crippen molar-refractivity contribution < 1.29 is 19.0 Å². The van der Waals surface area contributed by atoms with Crippen LogP contribution >= 0.6 is 0 Å². The topological polar surface area (TPSA) is 56.8 Å². The molecule has 1 aromatic carbocycles. The Kier molecular flexibility index (Phi) is 8.05. The van der Waals surface area contributed by atoms with Crippen molar-refractivity contribution in [2.24, 2.45) is 5.92 Å². The number of amides is 1. The summed E-state index contributed by atoms with van der Waals surface area (Å²) < 4.78 is 16.6. The standard InChI is InChI=1S/C19H29NO4/c1-15-5-3-6-16(2)19(15)24-14-18(21)20-9-4-10-23-13-17-7-11-22-12-8-17/h3,5-6,17H,4,7-14H2,1-2H3,(H,20,21). The van der Waals surface area contributed by atoms with Gasteiger partial charge in [-0.1, -0.05) is 18.2 Å². The number of nitrogens with one attached hydrogen (secondary N) is 1. The largest absolute Gasteiger partial charge is 0.483 e. The van der Waals surface area contributed by atoms with E-state index < -0.39 is 0 Å². The second-order valence-corrected chi connectivity index (χ2v) is 6.34. The lowest BCUT2D eigenvalue weighted by atomic mass is 10.0. The summed E-state index contributed by atoms with van der Waals surface area (Å²) in [4.78, 5) is 11.8. The Bertz CT molecular complexity index is 492. The Hall–Kier alpha value is -1.59. The number of benzene rings is 1. The third kappa shape index (κ3) is 6.49. The Morgan fingerprint density at radius 3 is 2.67 bits per heavy atom. The van der Waals surface area contributed by atoms with E-state index in [4.69, 9.17) is 14.2 Å². The van der Waals surface area contributed by atoms with E-state index in [1.165, 1.54) is 0 Å². The molecule has 1 aromatic rings. The monoisotopic (exact) mass is 335 g/mol. The predicted molar refractivity (Wildman–Crippen MR) is 93.4 cm³/mol. The maximum absolute atomic E-state index is 11.8. The molecule has 1 N–H and O–H groups in total. The van der Waals surface area contributed by atoms with Crippen molar-refractivity contribution in [2.45, 2.75) is 33.1 Å². The minimum atomic E-state index is -0.0953.